The van der Waals surface area contributed by atoms with Crippen molar-refractivity contribution in [3.63, 3.8) is 0 Å². The summed E-state index contributed by atoms with van der Waals surface area (Å²) in [5.41, 5.74) is 1.07. The number of ether oxygens (including phenoxy) is 1. The minimum atomic E-state index is -3.43. The summed E-state index contributed by atoms with van der Waals surface area (Å²) in [6.45, 7) is 2.55. The number of aryl methyl sites for hydroxylation is 1. The van der Waals surface area contributed by atoms with Crippen molar-refractivity contribution >= 4 is 10.0 Å². The SMILES string of the molecule is Cc1ccc(S(=O)(=O)N2CC[C@H]3C[C@@H]4C[C@H]3[C@H]2O4)cc1. The minimum Gasteiger partial charge on any atom is -0.359 e. The van der Waals surface area contributed by atoms with Gasteiger partial charge in [0.2, 0.25) is 10.0 Å². The fourth-order valence-corrected chi connectivity index (χ4v) is 5.58. The van der Waals surface area contributed by atoms with Crippen molar-refractivity contribution in [2.24, 2.45) is 11.8 Å². The van der Waals surface area contributed by atoms with Crippen molar-refractivity contribution in [1.82, 2.24) is 4.31 Å². The number of benzene rings is 1. The molecule has 1 aromatic rings. The molecule has 5 heteroatoms. The van der Waals surface area contributed by atoms with Crippen LogP contribution in [0, 0.1) is 18.8 Å². The van der Waals surface area contributed by atoms with Gasteiger partial charge in [-0.15, -0.1) is 0 Å². The van der Waals surface area contributed by atoms with Crippen LogP contribution in [0.2, 0.25) is 0 Å². The Labute approximate surface area is 119 Å². The van der Waals surface area contributed by atoms with E-state index in [1.807, 2.05) is 19.1 Å². The van der Waals surface area contributed by atoms with Gasteiger partial charge >= 0.3 is 0 Å². The van der Waals surface area contributed by atoms with E-state index < -0.39 is 10.0 Å². The lowest BCUT2D eigenvalue weighted by molar-refractivity contribution is -0.1000. The second kappa shape index (κ2) is 4.29. The van der Waals surface area contributed by atoms with Gasteiger partial charge in [-0.1, -0.05) is 17.7 Å². The summed E-state index contributed by atoms with van der Waals surface area (Å²) in [4.78, 5) is 0.382. The van der Waals surface area contributed by atoms with Crippen LogP contribution in [-0.2, 0) is 14.8 Å². The van der Waals surface area contributed by atoms with Crippen LogP contribution in [-0.4, -0.2) is 31.6 Å². The van der Waals surface area contributed by atoms with Gasteiger partial charge in [0, 0.05) is 12.5 Å². The second-order valence-corrected chi connectivity index (χ2v) is 8.15. The summed E-state index contributed by atoms with van der Waals surface area (Å²) in [7, 11) is -3.43. The lowest BCUT2D eigenvalue weighted by Crippen LogP contribution is -2.51. The number of hydrogen-bond donors (Lipinski definition) is 0. The van der Waals surface area contributed by atoms with Crippen molar-refractivity contribution in [2.45, 2.75) is 43.4 Å². The average molecular weight is 293 g/mol. The van der Waals surface area contributed by atoms with E-state index in [2.05, 4.69) is 0 Å². The third-order valence-corrected chi connectivity index (χ3v) is 6.91. The van der Waals surface area contributed by atoms with Crippen LogP contribution >= 0.6 is 0 Å². The lowest BCUT2D eigenvalue weighted by atomic mass is 9.88. The molecule has 0 radical (unpaired) electrons. The van der Waals surface area contributed by atoms with Gasteiger partial charge in [0.05, 0.1) is 11.0 Å². The molecule has 0 unspecified atom stereocenters. The van der Waals surface area contributed by atoms with Crippen LogP contribution in [0.5, 0.6) is 0 Å². The zero-order chi connectivity index (χ0) is 13.9. The Morgan fingerprint density at radius 3 is 2.65 bits per heavy atom. The third kappa shape index (κ3) is 1.76. The molecule has 4 rings (SSSR count). The van der Waals surface area contributed by atoms with Gasteiger partial charge in [0.1, 0.15) is 6.23 Å². The van der Waals surface area contributed by atoms with Gasteiger partial charge < -0.3 is 4.74 Å². The summed E-state index contributed by atoms with van der Waals surface area (Å²) in [6.07, 6.45) is 3.20. The molecule has 4 nitrogen and oxygen atoms in total. The molecule has 0 amide bonds. The largest absolute Gasteiger partial charge is 0.359 e. The van der Waals surface area contributed by atoms with E-state index in [0.717, 1.165) is 24.8 Å². The second-order valence-electron chi connectivity index (χ2n) is 6.26. The van der Waals surface area contributed by atoms with Crippen molar-refractivity contribution in [3.8, 4) is 0 Å². The van der Waals surface area contributed by atoms with E-state index in [1.165, 1.54) is 0 Å². The van der Waals surface area contributed by atoms with E-state index in [1.54, 1.807) is 16.4 Å². The number of fused-ring (bicyclic) bond motifs is 1. The summed E-state index contributed by atoms with van der Waals surface area (Å²) in [5.74, 6) is 1.08. The van der Waals surface area contributed by atoms with Gasteiger partial charge in [-0.25, -0.2) is 8.42 Å². The molecule has 2 heterocycles. The van der Waals surface area contributed by atoms with Gasteiger partial charge in [-0.05, 0) is 44.2 Å². The predicted molar refractivity (Wildman–Crippen MR) is 74.6 cm³/mol. The zero-order valence-corrected chi connectivity index (χ0v) is 12.3. The first-order valence-electron chi connectivity index (χ1n) is 7.30. The zero-order valence-electron chi connectivity index (χ0n) is 11.5. The number of hydrogen-bond acceptors (Lipinski definition) is 3. The Bertz CT molecular complexity index is 625. The van der Waals surface area contributed by atoms with Gasteiger partial charge in [0.25, 0.3) is 0 Å². The average Bonchev–Trinajstić information content (AvgIpc) is 2.99. The number of sulfonamides is 1. The Morgan fingerprint density at radius 2 is 1.95 bits per heavy atom. The molecule has 20 heavy (non-hydrogen) atoms. The molecule has 0 spiro atoms. The Balaban J connectivity index is 1.68. The summed E-state index contributed by atoms with van der Waals surface area (Å²) in [5, 5.41) is 0. The summed E-state index contributed by atoms with van der Waals surface area (Å²) < 4.78 is 33.1. The third-order valence-electron chi connectivity index (χ3n) is 5.04. The molecule has 0 aromatic heterocycles. The fourth-order valence-electron chi connectivity index (χ4n) is 4.00. The number of piperidine rings is 1. The maximum absolute atomic E-state index is 12.8. The van der Waals surface area contributed by atoms with Gasteiger partial charge in [-0.2, -0.15) is 4.31 Å². The molecular weight excluding hydrogens is 274 g/mol. The number of rotatable bonds is 2. The molecule has 108 valence electrons. The van der Waals surface area contributed by atoms with E-state index in [0.29, 0.717) is 23.3 Å². The maximum Gasteiger partial charge on any atom is 0.245 e. The van der Waals surface area contributed by atoms with Crippen LogP contribution in [0.1, 0.15) is 24.8 Å². The smallest absolute Gasteiger partial charge is 0.245 e. The highest BCUT2D eigenvalue weighted by Crippen LogP contribution is 2.50. The molecule has 2 aliphatic heterocycles. The Hall–Kier alpha value is -0.910. The molecule has 4 atom stereocenters. The summed E-state index contributed by atoms with van der Waals surface area (Å²) in [6, 6.07) is 7.09. The van der Waals surface area contributed by atoms with Gasteiger partial charge in [-0.3, -0.25) is 0 Å². The Morgan fingerprint density at radius 1 is 1.20 bits per heavy atom. The van der Waals surface area contributed by atoms with Crippen molar-refractivity contribution in [1.29, 1.82) is 0 Å². The highest BCUT2D eigenvalue weighted by molar-refractivity contribution is 7.89. The molecule has 0 N–H and O–H groups in total. The molecule has 2 bridgehead atoms. The van der Waals surface area contributed by atoms with Crippen molar-refractivity contribution in [3.05, 3.63) is 29.8 Å². The number of nitrogens with zero attached hydrogens (tertiary/aromatic N) is 1. The van der Waals surface area contributed by atoms with Gasteiger partial charge in [0.15, 0.2) is 0 Å². The van der Waals surface area contributed by atoms with E-state index in [9.17, 15) is 8.42 Å². The summed E-state index contributed by atoms with van der Waals surface area (Å²) >= 11 is 0. The van der Waals surface area contributed by atoms with Crippen LogP contribution < -0.4 is 0 Å². The van der Waals surface area contributed by atoms with E-state index >= 15 is 0 Å². The molecule has 3 fully saturated rings. The molecule has 1 aliphatic carbocycles. The highest BCUT2D eigenvalue weighted by atomic mass is 32.2. The van der Waals surface area contributed by atoms with Crippen molar-refractivity contribution in [2.75, 3.05) is 6.54 Å². The quantitative estimate of drug-likeness (QED) is 0.839. The minimum absolute atomic E-state index is 0.223. The fraction of sp³-hybridized carbons (Fsp3) is 0.600. The van der Waals surface area contributed by atoms with Crippen LogP contribution in [0.15, 0.2) is 29.2 Å². The van der Waals surface area contributed by atoms with E-state index in [-0.39, 0.29) is 12.3 Å². The molecule has 1 saturated carbocycles. The van der Waals surface area contributed by atoms with Crippen molar-refractivity contribution < 1.29 is 13.2 Å². The first-order valence-corrected chi connectivity index (χ1v) is 8.74. The molecule has 2 saturated heterocycles. The topological polar surface area (TPSA) is 46.6 Å². The predicted octanol–water partition coefficient (Wildman–Crippen LogP) is 2.14. The lowest BCUT2D eigenvalue weighted by Gasteiger charge is -2.41. The maximum atomic E-state index is 12.8. The highest BCUT2D eigenvalue weighted by Gasteiger charge is 2.54. The van der Waals surface area contributed by atoms with E-state index in [4.69, 9.17) is 4.74 Å². The first-order chi connectivity index (χ1) is 9.55. The standard InChI is InChI=1S/C15H19NO3S/c1-10-2-4-13(5-3-10)20(17,18)16-7-6-11-8-12-9-14(11)15(16)19-12/h2-5,11-12,14-15H,6-9H2,1H3/t11-,12+,14+,15+/m0/s1. The molecule has 1 aromatic carbocycles. The Kier molecular flexibility index (Phi) is 2.75. The normalized spacial score (nSPS) is 36.5. The van der Waals surface area contributed by atoms with Crippen LogP contribution in [0.25, 0.3) is 0 Å². The molecular formula is C15H19NO3S. The van der Waals surface area contributed by atoms with Crippen LogP contribution in [0.3, 0.4) is 0 Å². The monoisotopic (exact) mass is 293 g/mol. The first kappa shape index (κ1) is 12.8. The van der Waals surface area contributed by atoms with Crippen LogP contribution in [0.4, 0.5) is 0 Å². The molecule has 3 aliphatic rings.